The van der Waals surface area contributed by atoms with Gasteiger partial charge in [0.1, 0.15) is 6.29 Å². The van der Waals surface area contributed by atoms with E-state index in [0.29, 0.717) is 0 Å². The topological polar surface area (TPSA) is 17.1 Å². The Bertz CT molecular complexity index is 240. The number of carbonyl (C=O) groups excluding carboxylic acids is 1. The maximum Gasteiger partial charge on any atom is 0.142 e. The van der Waals surface area contributed by atoms with E-state index in [9.17, 15) is 4.79 Å². The molecular weight excluding hydrogens is 136 g/mol. The normalized spacial score (nSPS) is 7.73. The van der Waals surface area contributed by atoms with Gasteiger partial charge in [-0.15, -0.1) is 0 Å². The lowest BCUT2D eigenvalue weighted by Crippen LogP contribution is -1.65. The minimum absolute atomic E-state index is 0.763. The zero-order chi connectivity index (χ0) is 8.36. The molecule has 0 amide bonds. The average Bonchev–Trinajstić information content (AvgIpc) is 2.03. The monoisotopic (exact) mass is 146 g/mol. The third-order valence-electron chi connectivity index (χ3n) is 0.927. The maximum atomic E-state index is 9.79. The SMILES string of the molecule is CC#CC#CCC/C=C\C=O. The van der Waals surface area contributed by atoms with Crippen molar-refractivity contribution >= 4 is 6.29 Å². The van der Waals surface area contributed by atoms with Gasteiger partial charge in [0.25, 0.3) is 0 Å². The van der Waals surface area contributed by atoms with Crippen LogP contribution in [0.1, 0.15) is 19.8 Å². The van der Waals surface area contributed by atoms with Crippen molar-refractivity contribution in [1.82, 2.24) is 0 Å². The van der Waals surface area contributed by atoms with Crippen LogP contribution in [0.4, 0.5) is 0 Å². The van der Waals surface area contributed by atoms with E-state index >= 15 is 0 Å². The van der Waals surface area contributed by atoms with Gasteiger partial charge in [-0.2, -0.15) is 0 Å². The highest BCUT2D eigenvalue weighted by molar-refractivity contribution is 5.64. The van der Waals surface area contributed by atoms with Crippen LogP contribution in [0.5, 0.6) is 0 Å². The Hall–Kier alpha value is -1.47. The fourth-order valence-electron chi connectivity index (χ4n) is 0.476. The number of rotatable bonds is 3. The van der Waals surface area contributed by atoms with Gasteiger partial charge in [0.15, 0.2) is 0 Å². The van der Waals surface area contributed by atoms with E-state index in [1.807, 2.05) is 0 Å². The molecule has 0 aliphatic heterocycles. The van der Waals surface area contributed by atoms with Crippen LogP contribution in [-0.4, -0.2) is 6.29 Å². The molecule has 0 heterocycles. The quantitative estimate of drug-likeness (QED) is 0.255. The summed E-state index contributed by atoms with van der Waals surface area (Å²) in [5.74, 6) is 10.8. The Morgan fingerprint density at radius 3 is 2.82 bits per heavy atom. The van der Waals surface area contributed by atoms with Gasteiger partial charge in [-0.3, -0.25) is 4.79 Å². The molecule has 0 aromatic heterocycles. The van der Waals surface area contributed by atoms with Gasteiger partial charge in [0.05, 0.1) is 0 Å². The first kappa shape index (κ1) is 9.53. The van der Waals surface area contributed by atoms with E-state index in [-0.39, 0.29) is 0 Å². The van der Waals surface area contributed by atoms with Crippen molar-refractivity contribution in [2.45, 2.75) is 19.8 Å². The highest BCUT2D eigenvalue weighted by Crippen LogP contribution is 1.86. The minimum Gasteiger partial charge on any atom is -0.299 e. The molecule has 1 nitrogen and oxygen atoms in total. The first-order valence-corrected chi connectivity index (χ1v) is 3.41. The molecule has 1 heteroatoms. The van der Waals surface area contributed by atoms with Crippen molar-refractivity contribution in [3.05, 3.63) is 12.2 Å². The highest BCUT2D eigenvalue weighted by atomic mass is 16.1. The van der Waals surface area contributed by atoms with Crippen LogP contribution >= 0.6 is 0 Å². The number of carbonyl (C=O) groups is 1. The summed E-state index contributed by atoms with van der Waals surface area (Å²) in [5, 5.41) is 0. The molecule has 0 fully saturated rings. The summed E-state index contributed by atoms with van der Waals surface area (Å²) in [6.45, 7) is 1.75. The standard InChI is InChI=1S/C10H10O/c1-2-3-4-5-6-7-8-9-10-11/h8-10H,6-7H2,1H3/b9-8-. The van der Waals surface area contributed by atoms with Crippen molar-refractivity contribution in [3.63, 3.8) is 0 Å². The molecule has 0 N–H and O–H groups in total. The lowest BCUT2D eigenvalue weighted by Gasteiger charge is -1.77. The van der Waals surface area contributed by atoms with E-state index in [0.717, 1.165) is 19.1 Å². The predicted molar refractivity (Wildman–Crippen MR) is 45.7 cm³/mol. The van der Waals surface area contributed by atoms with Crippen molar-refractivity contribution in [3.8, 4) is 23.7 Å². The lowest BCUT2D eigenvalue weighted by atomic mass is 10.3. The lowest BCUT2D eigenvalue weighted by molar-refractivity contribution is -0.104. The summed E-state index contributed by atoms with van der Waals surface area (Å²) >= 11 is 0. The van der Waals surface area contributed by atoms with Crippen LogP contribution in [0.25, 0.3) is 0 Å². The number of allylic oxidation sites excluding steroid dienone is 2. The van der Waals surface area contributed by atoms with Gasteiger partial charge in [-0.05, 0) is 31.3 Å². The van der Waals surface area contributed by atoms with Crippen molar-refractivity contribution in [2.24, 2.45) is 0 Å². The van der Waals surface area contributed by atoms with Gasteiger partial charge in [-0.1, -0.05) is 17.9 Å². The van der Waals surface area contributed by atoms with Crippen molar-refractivity contribution < 1.29 is 4.79 Å². The van der Waals surface area contributed by atoms with Crippen LogP contribution in [-0.2, 0) is 4.79 Å². The second-order valence-corrected chi connectivity index (χ2v) is 1.78. The highest BCUT2D eigenvalue weighted by Gasteiger charge is 1.72. The second kappa shape index (κ2) is 8.53. The molecule has 0 spiro atoms. The third-order valence-corrected chi connectivity index (χ3v) is 0.927. The smallest absolute Gasteiger partial charge is 0.142 e. The first-order valence-electron chi connectivity index (χ1n) is 3.41. The number of unbranched alkanes of at least 4 members (excludes halogenated alkanes) is 1. The fraction of sp³-hybridized carbons (Fsp3) is 0.300. The number of aldehydes is 1. The Balaban J connectivity index is 3.41. The summed E-state index contributed by atoms with van der Waals surface area (Å²) < 4.78 is 0. The Morgan fingerprint density at radius 2 is 2.18 bits per heavy atom. The van der Waals surface area contributed by atoms with Gasteiger partial charge < -0.3 is 0 Å². The van der Waals surface area contributed by atoms with E-state index < -0.39 is 0 Å². The molecule has 0 aromatic rings. The van der Waals surface area contributed by atoms with Gasteiger partial charge in [0, 0.05) is 6.42 Å². The second-order valence-electron chi connectivity index (χ2n) is 1.78. The molecule has 0 bridgehead atoms. The summed E-state index contributed by atoms with van der Waals surface area (Å²) in [6, 6.07) is 0. The summed E-state index contributed by atoms with van der Waals surface area (Å²) in [4.78, 5) is 9.79. The molecule has 0 saturated carbocycles. The summed E-state index contributed by atoms with van der Waals surface area (Å²) in [7, 11) is 0. The molecule has 11 heavy (non-hydrogen) atoms. The Labute approximate surface area is 67.5 Å². The fourth-order valence-corrected chi connectivity index (χ4v) is 0.476. The predicted octanol–water partition coefficient (Wildman–Crippen LogP) is 1.55. The van der Waals surface area contributed by atoms with Gasteiger partial charge in [-0.25, -0.2) is 0 Å². The van der Waals surface area contributed by atoms with E-state index in [1.165, 1.54) is 6.08 Å². The van der Waals surface area contributed by atoms with Crippen molar-refractivity contribution in [2.75, 3.05) is 0 Å². The van der Waals surface area contributed by atoms with Crippen LogP contribution in [0, 0.1) is 23.7 Å². The van der Waals surface area contributed by atoms with Crippen LogP contribution in [0.15, 0.2) is 12.2 Å². The summed E-state index contributed by atoms with van der Waals surface area (Å²) in [6.07, 6.45) is 5.61. The summed E-state index contributed by atoms with van der Waals surface area (Å²) in [5.41, 5.74) is 0. The average molecular weight is 146 g/mol. The zero-order valence-electron chi connectivity index (χ0n) is 6.55. The Kier molecular flexibility index (Phi) is 7.39. The van der Waals surface area contributed by atoms with Crippen LogP contribution < -0.4 is 0 Å². The molecule has 0 aliphatic rings. The van der Waals surface area contributed by atoms with Crippen LogP contribution in [0.2, 0.25) is 0 Å². The molecule has 56 valence electrons. The Morgan fingerprint density at radius 1 is 1.36 bits per heavy atom. The van der Waals surface area contributed by atoms with Gasteiger partial charge >= 0.3 is 0 Å². The van der Waals surface area contributed by atoms with E-state index in [4.69, 9.17) is 0 Å². The zero-order valence-corrected chi connectivity index (χ0v) is 6.55. The van der Waals surface area contributed by atoms with Crippen molar-refractivity contribution in [1.29, 1.82) is 0 Å². The molecule has 0 rings (SSSR count). The number of hydrogen-bond acceptors (Lipinski definition) is 1. The molecule has 0 saturated heterocycles. The largest absolute Gasteiger partial charge is 0.299 e. The molecular formula is C10H10O. The minimum atomic E-state index is 0.763. The molecule has 0 aliphatic carbocycles. The molecule has 0 radical (unpaired) electrons. The molecule has 0 aromatic carbocycles. The van der Waals surface area contributed by atoms with Gasteiger partial charge in [0.2, 0.25) is 0 Å². The molecule has 0 unspecified atom stereocenters. The van der Waals surface area contributed by atoms with Crippen LogP contribution in [0.3, 0.4) is 0 Å². The van der Waals surface area contributed by atoms with E-state index in [2.05, 4.69) is 23.7 Å². The first-order chi connectivity index (χ1) is 5.41. The molecule has 0 atom stereocenters. The van der Waals surface area contributed by atoms with E-state index in [1.54, 1.807) is 13.0 Å². The number of hydrogen-bond donors (Lipinski definition) is 0. The third kappa shape index (κ3) is 8.53. The maximum absolute atomic E-state index is 9.79.